The van der Waals surface area contributed by atoms with Crippen molar-refractivity contribution in [2.45, 2.75) is 30.8 Å². The number of H-pyrrole nitrogens is 1. The molecule has 4 aromatic rings. The van der Waals surface area contributed by atoms with Crippen LogP contribution in [-0.2, 0) is 0 Å². The van der Waals surface area contributed by atoms with E-state index >= 15 is 0 Å². The third-order valence-electron chi connectivity index (χ3n) is 5.25. The quantitative estimate of drug-likeness (QED) is 0.486. The molecule has 5 rings (SSSR count). The smallest absolute Gasteiger partial charge is 0.0962 e. The minimum atomic E-state index is -0.284. The van der Waals surface area contributed by atoms with E-state index in [1.165, 1.54) is 28.3 Å². The molecule has 0 radical (unpaired) electrons. The number of imidazole rings is 1. The van der Waals surface area contributed by atoms with Crippen LogP contribution in [0.3, 0.4) is 0 Å². The van der Waals surface area contributed by atoms with E-state index in [-0.39, 0.29) is 12.1 Å². The summed E-state index contributed by atoms with van der Waals surface area (Å²) in [5, 5.41) is 1.27. The van der Waals surface area contributed by atoms with E-state index in [1.54, 1.807) is 17.7 Å². The van der Waals surface area contributed by atoms with Gasteiger partial charge in [-0.15, -0.1) is 11.3 Å². The average molecular weight is 376 g/mol. The van der Waals surface area contributed by atoms with Gasteiger partial charge in [-0.3, -0.25) is 0 Å². The number of nitrogens with two attached hydrogens (primary N) is 2. The maximum absolute atomic E-state index is 6.47. The van der Waals surface area contributed by atoms with Crippen LogP contribution in [-0.4, -0.2) is 15.0 Å². The molecule has 2 unspecified atom stereocenters. The predicted molar refractivity (Wildman–Crippen MR) is 109 cm³/mol. The number of rotatable bonds is 5. The van der Waals surface area contributed by atoms with Crippen molar-refractivity contribution >= 4 is 22.4 Å². The molecule has 27 heavy (non-hydrogen) atoms. The van der Waals surface area contributed by atoms with E-state index in [0.717, 1.165) is 22.2 Å². The fraction of sp³-hybridized carbons (Fsp3) is 0.238. The van der Waals surface area contributed by atoms with E-state index in [2.05, 4.69) is 39.2 Å². The van der Waals surface area contributed by atoms with Gasteiger partial charge in [0.15, 0.2) is 0 Å². The van der Waals surface area contributed by atoms with Crippen molar-refractivity contribution in [2.24, 2.45) is 11.5 Å². The molecule has 1 fully saturated rings. The summed E-state index contributed by atoms with van der Waals surface area (Å²) < 4.78 is 0. The van der Waals surface area contributed by atoms with Crippen molar-refractivity contribution in [1.82, 2.24) is 15.0 Å². The Morgan fingerprint density at radius 1 is 0.963 bits per heavy atom. The third kappa shape index (κ3) is 3.16. The van der Waals surface area contributed by atoms with Crippen LogP contribution in [0.25, 0.3) is 21.5 Å². The zero-order valence-corrected chi connectivity index (χ0v) is 15.6. The lowest BCUT2D eigenvalue weighted by Crippen LogP contribution is -2.26. The molecule has 1 saturated carbocycles. The molecule has 0 saturated heterocycles. The van der Waals surface area contributed by atoms with Gasteiger partial charge in [0.2, 0.25) is 0 Å². The first kappa shape index (κ1) is 16.6. The monoisotopic (exact) mass is 375 g/mol. The van der Waals surface area contributed by atoms with Gasteiger partial charge in [-0.05, 0) is 41.7 Å². The Kier molecular flexibility index (Phi) is 4.04. The Hall–Kier alpha value is -2.54. The first-order valence-electron chi connectivity index (χ1n) is 9.19. The van der Waals surface area contributed by atoms with Crippen LogP contribution >= 0.6 is 11.3 Å². The van der Waals surface area contributed by atoms with Crippen molar-refractivity contribution < 1.29 is 0 Å². The van der Waals surface area contributed by atoms with Crippen molar-refractivity contribution in [2.75, 3.05) is 0 Å². The summed E-state index contributed by atoms with van der Waals surface area (Å²) in [5.74, 6) is 0.696. The normalized spacial score (nSPS) is 16.5. The highest BCUT2D eigenvalue weighted by Crippen LogP contribution is 2.43. The van der Waals surface area contributed by atoms with Gasteiger partial charge >= 0.3 is 0 Å². The molecule has 6 heteroatoms. The average Bonchev–Trinajstić information content (AvgIpc) is 3.25. The molecule has 1 aliphatic rings. The van der Waals surface area contributed by atoms with Crippen LogP contribution in [0.5, 0.6) is 0 Å². The third-order valence-corrected chi connectivity index (χ3v) is 6.46. The second-order valence-corrected chi connectivity index (χ2v) is 8.25. The molecule has 2 atom stereocenters. The number of hydrogen-bond acceptors (Lipinski definition) is 5. The molecule has 0 amide bonds. The minimum absolute atomic E-state index is 0.275. The van der Waals surface area contributed by atoms with Crippen LogP contribution in [0.4, 0.5) is 0 Å². The van der Waals surface area contributed by atoms with Gasteiger partial charge in [0.25, 0.3) is 0 Å². The van der Waals surface area contributed by atoms with Gasteiger partial charge in [0, 0.05) is 24.2 Å². The van der Waals surface area contributed by atoms with Gasteiger partial charge in [-0.2, -0.15) is 0 Å². The Bertz CT molecular complexity index is 1080. The molecule has 0 spiro atoms. The van der Waals surface area contributed by atoms with E-state index in [1.807, 2.05) is 24.4 Å². The second kappa shape index (κ2) is 6.56. The number of fused-ring (bicyclic) bond motifs is 1. The lowest BCUT2D eigenvalue weighted by Gasteiger charge is -2.21. The van der Waals surface area contributed by atoms with E-state index < -0.39 is 0 Å². The summed E-state index contributed by atoms with van der Waals surface area (Å²) in [6.07, 6.45) is 6.23. The molecular formula is C21H21N5S. The lowest BCUT2D eigenvalue weighted by molar-refractivity contribution is 0.575. The van der Waals surface area contributed by atoms with Gasteiger partial charge < -0.3 is 16.5 Å². The van der Waals surface area contributed by atoms with E-state index in [0.29, 0.717) is 5.92 Å². The van der Waals surface area contributed by atoms with Crippen LogP contribution in [0.15, 0.2) is 55.0 Å². The Labute approximate surface area is 161 Å². The number of aromatic amines is 1. The van der Waals surface area contributed by atoms with Crippen LogP contribution in [0.2, 0.25) is 0 Å². The van der Waals surface area contributed by atoms with Crippen LogP contribution in [0.1, 0.15) is 47.0 Å². The zero-order valence-electron chi connectivity index (χ0n) is 14.8. The first-order chi connectivity index (χ1) is 13.2. The molecule has 2 heterocycles. The molecule has 0 aliphatic heterocycles. The van der Waals surface area contributed by atoms with Crippen molar-refractivity contribution in [1.29, 1.82) is 0 Å². The molecule has 5 nitrogen and oxygen atoms in total. The standard InChI is InChI=1S/C21H21N5S/c22-19(20(23)15-7-8-16-17(9-15)26-11-25-16)13-3-1-12(2-4-13)18-10-24-21(27-18)14-5-6-14/h1-4,7-11,14,19-20H,5-6,22-23H2,(H,25,26). The largest absolute Gasteiger partial charge is 0.345 e. The zero-order chi connectivity index (χ0) is 18.4. The van der Waals surface area contributed by atoms with Crippen LogP contribution < -0.4 is 11.5 Å². The van der Waals surface area contributed by atoms with Gasteiger partial charge in [0.1, 0.15) is 0 Å². The highest BCUT2D eigenvalue weighted by molar-refractivity contribution is 7.15. The molecule has 0 bridgehead atoms. The highest BCUT2D eigenvalue weighted by Gasteiger charge is 2.26. The Balaban J connectivity index is 1.36. The summed E-state index contributed by atoms with van der Waals surface area (Å²) in [5.41, 5.74) is 18.0. The topological polar surface area (TPSA) is 93.6 Å². The molecule has 2 aromatic heterocycles. The fourth-order valence-corrected chi connectivity index (χ4v) is 4.48. The van der Waals surface area contributed by atoms with Gasteiger partial charge in [0.05, 0.1) is 27.2 Å². The van der Waals surface area contributed by atoms with Crippen molar-refractivity contribution in [3.8, 4) is 10.4 Å². The van der Waals surface area contributed by atoms with Crippen molar-refractivity contribution in [3.63, 3.8) is 0 Å². The summed E-state index contributed by atoms with van der Waals surface area (Å²) >= 11 is 1.80. The molecule has 1 aliphatic carbocycles. The molecule has 136 valence electrons. The number of nitrogens with zero attached hydrogens (tertiary/aromatic N) is 2. The minimum Gasteiger partial charge on any atom is -0.345 e. The Morgan fingerprint density at radius 2 is 1.70 bits per heavy atom. The SMILES string of the molecule is NC(c1ccc(-c2cnc(C3CC3)s2)cc1)C(N)c1ccc2nc[nH]c2c1. The first-order valence-corrected chi connectivity index (χ1v) is 10.0. The highest BCUT2D eigenvalue weighted by atomic mass is 32.1. The van der Waals surface area contributed by atoms with Gasteiger partial charge in [-0.25, -0.2) is 9.97 Å². The summed E-state index contributed by atoms with van der Waals surface area (Å²) in [7, 11) is 0. The number of benzene rings is 2. The van der Waals surface area contributed by atoms with Crippen molar-refractivity contribution in [3.05, 3.63) is 71.1 Å². The number of nitrogens with one attached hydrogen (secondary N) is 1. The fourth-order valence-electron chi connectivity index (χ4n) is 3.38. The molecule has 2 aromatic carbocycles. The number of hydrogen-bond donors (Lipinski definition) is 3. The second-order valence-electron chi connectivity index (χ2n) is 7.19. The van der Waals surface area contributed by atoms with E-state index in [9.17, 15) is 0 Å². The maximum Gasteiger partial charge on any atom is 0.0962 e. The summed E-state index contributed by atoms with van der Waals surface area (Å²) in [6.45, 7) is 0. The van der Waals surface area contributed by atoms with E-state index in [4.69, 9.17) is 11.5 Å². The van der Waals surface area contributed by atoms with Gasteiger partial charge in [-0.1, -0.05) is 30.3 Å². The number of aromatic nitrogens is 3. The number of thiazole rings is 1. The van der Waals surface area contributed by atoms with Crippen LogP contribution in [0, 0.1) is 0 Å². The maximum atomic E-state index is 6.47. The predicted octanol–water partition coefficient (Wildman–Crippen LogP) is 4.26. The molecule has 5 N–H and O–H groups in total. The lowest BCUT2D eigenvalue weighted by atomic mass is 9.94. The Morgan fingerprint density at radius 3 is 2.48 bits per heavy atom. The summed E-state index contributed by atoms with van der Waals surface area (Å²) in [6, 6.07) is 13.8. The molecular weight excluding hydrogens is 354 g/mol. The summed E-state index contributed by atoms with van der Waals surface area (Å²) in [4.78, 5) is 13.1.